The standard InChI is InChI=1S/C22H30O2/c1-14-12-19-17(16-5-4-15(23)13-18(14)16)6-9-21(2)20(19)7-10-22(21)8-3-11-24-22/h13,16-17,19-20H,1,3-12H2,2H3. The van der Waals surface area contributed by atoms with E-state index in [9.17, 15) is 4.79 Å². The Morgan fingerprint density at radius 1 is 1.17 bits per heavy atom. The molecule has 24 heavy (non-hydrogen) atoms. The number of ether oxygens (including phenoxy) is 1. The van der Waals surface area contributed by atoms with Gasteiger partial charge in [0, 0.05) is 13.0 Å². The first kappa shape index (κ1) is 15.4. The molecule has 1 aliphatic heterocycles. The molecule has 2 nitrogen and oxygen atoms in total. The molecule has 3 saturated carbocycles. The van der Waals surface area contributed by atoms with Crippen molar-refractivity contribution in [3.05, 3.63) is 23.8 Å². The normalized spacial score (nSPS) is 50.5. The summed E-state index contributed by atoms with van der Waals surface area (Å²) in [7, 11) is 0. The number of hydrogen-bond acceptors (Lipinski definition) is 2. The van der Waals surface area contributed by atoms with Crippen LogP contribution >= 0.6 is 0 Å². The molecule has 4 aliphatic carbocycles. The van der Waals surface area contributed by atoms with Crippen molar-refractivity contribution in [3.63, 3.8) is 0 Å². The summed E-state index contributed by atoms with van der Waals surface area (Å²) in [5.41, 5.74) is 3.15. The highest BCUT2D eigenvalue weighted by Crippen LogP contribution is 2.67. The van der Waals surface area contributed by atoms with E-state index in [0.29, 0.717) is 17.1 Å². The smallest absolute Gasteiger partial charge is 0.156 e. The van der Waals surface area contributed by atoms with Gasteiger partial charge in [-0.2, -0.15) is 0 Å². The Kier molecular flexibility index (Phi) is 3.24. The van der Waals surface area contributed by atoms with E-state index in [4.69, 9.17) is 4.74 Å². The zero-order valence-corrected chi connectivity index (χ0v) is 15.0. The number of carbonyl (C=O) groups is 1. The highest BCUT2D eigenvalue weighted by atomic mass is 16.5. The first-order valence-corrected chi connectivity index (χ1v) is 10.1. The Balaban J connectivity index is 1.49. The lowest BCUT2D eigenvalue weighted by molar-refractivity contribution is -0.126. The van der Waals surface area contributed by atoms with E-state index in [1.165, 1.54) is 49.7 Å². The highest BCUT2D eigenvalue weighted by molar-refractivity contribution is 5.92. The van der Waals surface area contributed by atoms with E-state index in [-0.39, 0.29) is 5.60 Å². The van der Waals surface area contributed by atoms with Crippen LogP contribution in [0.5, 0.6) is 0 Å². The molecule has 0 amide bonds. The van der Waals surface area contributed by atoms with Gasteiger partial charge in [-0.15, -0.1) is 0 Å². The first-order valence-electron chi connectivity index (χ1n) is 10.1. The lowest BCUT2D eigenvalue weighted by Gasteiger charge is -2.56. The van der Waals surface area contributed by atoms with E-state index in [1.54, 1.807) is 0 Å². The largest absolute Gasteiger partial charge is 0.374 e. The monoisotopic (exact) mass is 326 g/mol. The van der Waals surface area contributed by atoms with Gasteiger partial charge in [0.15, 0.2) is 5.78 Å². The van der Waals surface area contributed by atoms with Crippen molar-refractivity contribution in [2.75, 3.05) is 6.61 Å². The van der Waals surface area contributed by atoms with Crippen molar-refractivity contribution < 1.29 is 9.53 Å². The third-order valence-corrected chi connectivity index (χ3v) is 8.71. The molecule has 1 heterocycles. The quantitative estimate of drug-likeness (QED) is 0.636. The van der Waals surface area contributed by atoms with Crippen LogP contribution in [0.15, 0.2) is 23.8 Å². The molecule has 1 saturated heterocycles. The van der Waals surface area contributed by atoms with Gasteiger partial charge in [0.25, 0.3) is 0 Å². The Morgan fingerprint density at radius 2 is 2.04 bits per heavy atom. The first-order chi connectivity index (χ1) is 11.5. The van der Waals surface area contributed by atoms with Crippen molar-refractivity contribution in [2.45, 2.75) is 70.3 Å². The molecule has 6 unspecified atom stereocenters. The van der Waals surface area contributed by atoms with Crippen molar-refractivity contribution in [3.8, 4) is 0 Å². The minimum absolute atomic E-state index is 0.183. The van der Waals surface area contributed by atoms with Crippen LogP contribution in [0.25, 0.3) is 0 Å². The maximum Gasteiger partial charge on any atom is 0.156 e. The van der Waals surface area contributed by atoms with Gasteiger partial charge in [-0.25, -0.2) is 0 Å². The van der Waals surface area contributed by atoms with Crippen molar-refractivity contribution in [1.82, 2.24) is 0 Å². The number of carbonyl (C=O) groups excluding carboxylic acids is 1. The van der Waals surface area contributed by atoms with Crippen molar-refractivity contribution in [1.29, 1.82) is 0 Å². The molecule has 0 aromatic carbocycles. The number of fused-ring (bicyclic) bond motifs is 6. The second-order valence-corrected chi connectivity index (χ2v) is 9.39. The number of ketones is 1. The molecule has 0 radical (unpaired) electrons. The Bertz CT molecular complexity index is 624. The zero-order valence-electron chi connectivity index (χ0n) is 15.0. The molecule has 5 aliphatic rings. The maximum absolute atomic E-state index is 11.9. The van der Waals surface area contributed by atoms with E-state index >= 15 is 0 Å². The van der Waals surface area contributed by atoms with Crippen LogP contribution in [0.2, 0.25) is 0 Å². The fourth-order valence-corrected chi connectivity index (χ4v) is 7.56. The van der Waals surface area contributed by atoms with Crippen LogP contribution in [0.4, 0.5) is 0 Å². The van der Waals surface area contributed by atoms with Crippen LogP contribution in [-0.2, 0) is 9.53 Å². The Hall–Kier alpha value is -0.890. The maximum atomic E-state index is 11.9. The van der Waals surface area contributed by atoms with Gasteiger partial charge in [0.05, 0.1) is 5.60 Å². The second kappa shape index (κ2) is 5.06. The van der Waals surface area contributed by atoms with Gasteiger partial charge >= 0.3 is 0 Å². The molecule has 0 aromatic heterocycles. The second-order valence-electron chi connectivity index (χ2n) is 9.39. The van der Waals surface area contributed by atoms with E-state index in [2.05, 4.69) is 13.5 Å². The Morgan fingerprint density at radius 3 is 2.83 bits per heavy atom. The van der Waals surface area contributed by atoms with Gasteiger partial charge in [-0.05, 0) is 92.1 Å². The summed E-state index contributed by atoms with van der Waals surface area (Å²) in [6, 6.07) is 0. The summed E-state index contributed by atoms with van der Waals surface area (Å²) >= 11 is 0. The lowest BCUT2D eigenvalue weighted by atomic mass is 9.50. The Labute approximate surface area is 145 Å². The third-order valence-electron chi connectivity index (χ3n) is 8.71. The van der Waals surface area contributed by atoms with Crippen molar-refractivity contribution >= 4 is 5.78 Å². The minimum Gasteiger partial charge on any atom is -0.374 e. The predicted octanol–water partition coefficient (Wildman–Crippen LogP) is 4.84. The van der Waals surface area contributed by atoms with Gasteiger partial charge in [-0.3, -0.25) is 4.79 Å². The summed E-state index contributed by atoms with van der Waals surface area (Å²) in [6.45, 7) is 7.92. The van der Waals surface area contributed by atoms with Gasteiger partial charge in [0.1, 0.15) is 0 Å². The van der Waals surface area contributed by atoms with Gasteiger partial charge in [0.2, 0.25) is 0 Å². The van der Waals surface area contributed by atoms with Gasteiger partial charge < -0.3 is 4.74 Å². The topological polar surface area (TPSA) is 26.3 Å². The summed E-state index contributed by atoms with van der Waals surface area (Å²) in [5, 5.41) is 0. The van der Waals surface area contributed by atoms with Crippen LogP contribution in [-0.4, -0.2) is 18.0 Å². The number of allylic oxidation sites excluding steroid dienone is 2. The molecular weight excluding hydrogens is 296 g/mol. The molecule has 130 valence electrons. The zero-order chi connectivity index (χ0) is 16.5. The van der Waals surface area contributed by atoms with Crippen LogP contribution < -0.4 is 0 Å². The molecule has 6 atom stereocenters. The predicted molar refractivity (Wildman–Crippen MR) is 94.5 cm³/mol. The fourth-order valence-electron chi connectivity index (χ4n) is 7.56. The molecule has 2 heteroatoms. The van der Waals surface area contributed by atoms with Crippen LogP contribution in [0.1, 0.15) is 64.7 Å². The molecule has 0 N–H and O–H groups in total. The number of rotatable bonds is 0. The summed E-state index contributed by atoms with van der Waals surface area (Å²) in [5.74, 6) is 3.28. The van der Waals surface area contributed by atoms with Gasteiger partial charge in [-0.1, -0.05) is 19.1 Å². The molecule has 0 bridgehead atoms. The summed E-state index contributed by atoms with van der Waals surface area (Å²) in [6.07, 6.45) is 12.7. The molecule has 0 aromatic rings. The highest BCUT2D eigenvalue weighted by Gasteiger charge is 2.64. The van der Waals surface area contributed by atoms with E-state index < -0.39 is 0 Å². The van der Waals surface area contributed by atoms with Crippen LogP contribution in [0, 0.1) is 29.1 Å². The lowest BCUT2D eigenvalue weighted by Crippen LogP contribution is -2.52. The molecular formula is C22H30O2. The van der Waals surface area contributed by atoms with E-state index in [1.807, 2.05) is 6.08 Å². The van der Waals surface area contributed by atoms with Crippen molar-refractivity contribution in [2.24, 2.45) is 29.1 Å². The van der Waals surface area contributed by atoms with Crippen LogP contribution in [0.3, 0.4) is 0 Å². The molecule has 1 spiro atoms. The third kappa shape index (κ3) is 1.84. The molecule has 4 fully saturated rings. The average Bonchev–Trinajstić information content (AvgIpc) is 3.15. The average molecular weight is 326 g/mol. The minimum atomic E-state index is 0.183. The summed E-state index contributed by atoms with van der Waals surface area (Å²) in [4.78, 5) is 11.9. The fraction of sp³-hybridized carbons (Fsp3) is 0.773. The number of hydrogen-bond donors (Lipinski definition) is 0. The van der Waals surface area contributed by atoms with E-state index in [0.717, 1.165) is 43.6 Å². The SMILES string of the molecule is C=C1CC2C(CCC3(C)C2CCC32CCCO2)C2CCC(=O)C=C12. The summed E-state index contributed by atoms with van der Waals surface area (Å²) < 4.78 is 6.42. The molecule has 5 rings (SSSR count).